The number of rotatable bonds is 3. The molecule has 3 atom stereocenters. The lowest BCUT2D eigenvalue weighted by molar-refractivity contribution is -0.145. The summed E-state index contributed by atoms with van der Waals surface area (Å²) < 4.78 is 0. The summed E-state index contributed by atoms with van der Waals surface area (Å²) in [6.07, 6.45) is 4.54. The van der Waals surface area contributed by atoms with Gasteiger partial charge in [0.1, 0.15) is 5.54 Å². The van der Waals surface area contributed by atoms with Gasteiger partial charge in [0.05, 0.1) is 0 Å². The van der Waals surface area contributed by atoms with E-state index in [0.29, 0.717) is 18.9 Å². The Hall–Kier alpha value is -0.610. The Bertz CT molecular complexity index is 319. The molecule has 3 N–H and O–H groups in total. The molecule has 2 fully saturated rings. The SMILES string of the molecule is CC(C)C1CCN(C2CCCC(N)(C(=O)O)C2)C1. The lowest BCUT2D eigenvalue weighted by Crippen LogP contribution is -2.55. The number of aliphatic carboxylic acids is 1. The maximum Gasteiger partial charge on any atom is 0.323 e. The molecule has 2 rings (SSSR count). The zero-order valence-electron chi connectivity index (χ0n) is 11.6. The molecule has 0 radical (unpaired) electrons. The number of nitrogens with two attached hydrogens (primary N) is 1. The Morgan fingerprint density at radius 1 is 1.44 bits per heavy atom. The molecule has 4 nitrogen and oxygen atoms in total. The maximum absolute atomic E-state index is 11.3. The van der Waals surface area contributed by atoms with E-state index in [0.717, 1.165) is 37.8 Å². The number of carbonyl (C=O) groups is 1. The van der Waals surface area contributed by atoms with Gasteiger partial charge in [0.2, 0.25) is 0 Å². The van der Waals surface area contributed by atoms with Gasteiger partial charge in [-0.1, -0.05) is 13.8 Å². The van der Waals surface area contributed by atoms with Crippen molar-refractivity contribution in [3.63, 3.8) is 0 Å². The van der Waals surface area contributed by atoms with Gasteiger partial charge >= 0.3 is 5.97 Å². The minimum absolute atomic E-state index is 0.378. The Labute approximate surface area is 110 Å². The van der Waals surface area contributed by atoms with Gasteiger partial charge in [-0.25, -0.2) is 0 Å². The van der Waals surface area contributed by atoms with Gasteiger partial charge in [0.25, 0.3) is 0 Å². The molecule has 1 aliphatic heterocycles. The zero-order chi connectivity index (χ0) is 13.3. The van der Waals surface area contributed by atoms with E-state index >= 15 is 0 Å². The number of carboxylic acids is 1. The predicted molar refractivity (Wildman–Crippen MR) is 71.3 cm³/mol. The van der Waals surface area contributed by atoms with Gasteiger partial charge < -0.3 is 15.7 Å². The van der Waals surface area contributed by atoms with Crippen LogP contribution in [0.25, 0.3) is 0 Å². The quantitative estimate of drug-likeness (QED) is 0.804. The Morgan fingerprint density at radius 3 is 2.72 bits per heavy atom. The smallest absolute Gasteiger partial charge is 0.323 e. The van der Waals surface area contributed by atoms with Crippen molar-refractivity contribution in [2.75, 3.05) is 13.1 Å². The molecule has 1 heterocycles. The lowest BCUT2D eigenvalue weighted by Gasteiger charge is -2.39. The fourth-order valence-corrected chi connectivity index (χ4v) is 3.47. The number of hydrogen-bond acceptors (Lipinski definition) is 3. The second-order valence-corrected chi connectivity index (χ2v) is 6.50. The second kappa shape index (κ2) is 5.17. The number of nitrogens with zero attached hydrogens (tertiary/aromatic N) is 1. The first-order chi connectivity index (χ1) is 8.42. The van der Waals surface area contributed by atoms with Gasteiger partial charge in [0, 0.05) is 12.6 Å². The molecule has 1 aliphatic carbocycles. The van der Waals surface area contributed by atoms with Crippen molar-refractivity contribution < 1.29 is 9.90 Å². The fraction of sp³-hybridized carbons (Fsp3) is 0.929. The highest BCUT2D eigenvalue weighted by Gasteiger charge is 2.42. The van der Waals surface area contributed by atoms with Crippen LogP contribution in [-0.4, -0.2) is 40.6 Å². The van der Waals surface area contributed by atoms with Crippen molar-refractivity contribution in [1.29, 1.82) is 0 Å². The van der Waals surface area contributed by atoms with Gasteiger partial charge in [-0.05, 0) is 50.5 Å². The van der Waals surface area contributed by atoms with Crippen molar-refractivity contribution in [2.45, 2.75) is 57.5 Å². The van der Waals surface area contributed by atoms with Crippen LogP contribution in [0.4, 0.5) is 0 Å². The molecular weight excluding hydrogens is 228 g/mol. The lowest BCUT2D eigenvalue weighted by atomic mass is 9.79. The molecule has 104 valence electrons. The number of likely N-dealkylation sites (tertiary alicyclic amines) is 1. The third-order valence-electron chi connectivity index (χ3n) is 4.90. The third kappa shape index (κ3) is 2.69. The molecule has 18 heavy (non-hydrogen) atoms. The van der Waals surface area contributed by atoms with E-state index in [4.69, 9.17) is 5.73 Å². The summed E-state index contributed by atoms with van der Waals surface area (Å²) in [7, 11) is 0. The van der Waals surface area contributed by atoms with Crippen LogP contribution in [0.5, 0.6) is 0 Å². The maximum atomic E-state index is 11.3. The van der Waals surface area contributed by atoms with Crippen molar-refractivity contribution >= 4 is 5.97 Å². The molecule has 0 aromatic carbocycles. The topological polar surface area (TPSA) is 66.6 Å². The van der Waals surface area contributed by atoms with Crippen LogP contribution in [0.15, 0.2) is 0 Å². The molecule has 1 saturated heterocycles. The predicted octanol–water partition coefficient (Wildman–Crippen LogP) is 1.69. The normalized spacial score (nSPS) is 38.2. The van der Waals surface area contributed by atoms with E-state index in [-0.39, 0.29) is 0 Å². The molecule has 0 bridgehead atoms. The first-order valence-corrected chi connectivity index (χ1v) is 7.19. The third-order valence-corrected chi connectivity index (χ3v) is 4.90. The highest BCUT2D eigenvalue weighted by Crippen LogP contribution is 2.34. The van der Waals surface area contributed by atoms with E-state index in [1.54, 1.807) is 0 Å². The van der Waals surface area contributed by atoms with Gasteiger partial charge in [-0.2, -0.15) is 0 Å². The molecule has 3 unspecified atom stereocenters. The first kappa shape index (κ1) is 13.8. The molecule has 0 amide bonds. The van der Waals surface area contributed by atoms with Crippen molar-refractivity contribution in [2.24, 2.45) is 17.6 Å². The Kier molecular flexibility index (Phi) is 3.97. The van der Waals surface area contributed by atoms with Crippen LogP contribution in [0.1, 0.15) is 46.0 Å². The van der Waals surface area contributed by atoms with E-state index in [1.165, 1.54) is 6.42 Å². The monoisotopic (exact) mass is 254 g/mol. The minimum atomic E-state index is -0.987. The average Bonchev–Trinajstić information content (AvgIpc) is 2.78. The van der Waals surface area contributed by atoms with Crippen LogP contribution in [0.3, 0.4) is 0 Å². The largest absolute Gasteiger partial charge is 0.480 e. The summed E-state index contributed by atoms with van der Waals surface area (Å²) >= 11 is 0. The Morgan fingerprint density at radius 2 is 2.17 bits per heavy atom. The zero-order valence-corrected chi connectivity index (χ0v) is 11.6. The average molecular weight is 254 g/mol. The van der Waals surface area contributed by atoms with Gasteiger partial charge in [-0.15, -0.1) is 0 Å². The van der Waals surface area contributed by atoms with Gasteiger partial charge in [0.15, 0.2) is 0 Å². The highest BCUT2D eigenvalue weighted by molar-refractivity contribution is 5.78. The van der Waals surface area contributed by atoms with E-state index < -0.39 is 11.5 Å². The molecular formula is C14H26N2O2. The highest BCUT2D eigenvalue weighted by atomic mass is 16.4. The van der Waals surface area contributed by atoms with Crippen molar-refractivity contribution in [3.8, 4) is 0 Å². The number of carboxylic acid groups (broad SMARTS) is 1. The van der Waals surface area contributed by atoms with E-state index in [1.807, 2.05) is 0 Å². The fourth-order valence-electron chi connectivity index (χ4n) is 3.47. The minimum Gasteiger partial charge on any atom is -0.480 e. The van der Waals surface area contributed by atoms with Crippen LogP contribution in [-0.2, 0) is 4.79 Å². The summed E-state index contributed by atoms with van der Waals surface area (Å²) in [6, 6.07) is 0.378. The first-order valence-electron chi connectivity index (χ1n) is 7.19. The summed E-state index contributed by atoms with van der Waals surface area (Å²) in [6.45, 7) is 6.79. The van der Waals surface area contributed by atoms with E-state index in [9.17, 15) is 9.90 Å². The second-order valence-electron chi connectivity index (χ2n) is 6.50. The van der Waals surface area contributed by atoms with Gasteiger partial charge in [-0.3, -0.25) is 4.79 Å². The van der Waals surface area contributed by atoms with E-state index in [2.05, 4.69) is 18.7 Å². The van der Waals surface area contributed by atoms with Crippen LogP contribution < -0.4 is 5.73 Å². The summed E-state index contributed by atoms with van der Waals surface area (Å²) in [5, 5.41) is 9.25. The molecule has 1 saturated carbocycles. The summed E-state index contributed by atoms with van der Waals surface area (Å²) in [5.41, 5.74) is 5.04. The summed E-state index contributed by atoms with van der Waals surface area (Å²) in [4.78, 5) is 13.7. The Balaban J connectivity index is 1.96. The standard InChI is InChI=1S/C14H26N2O2/c1-10(2)11-5-7-16(9-11)12-4-3-6-14(15,8-12)13(17)18/h10-12H,3-9,15H2,1-2H3,(H,17,18). The number of hydrogen-bond donors (Lipinski definition) is 2. The van der Waals surface area contributed by atoms with Crippen LogP contribution in [0.2, 0.25) is 0 Å². The molecule has 0 aromatic rings. The van der Waals surface area contributed by atoms with Crippen LogP contribution >= 0.6 is 0 Å². The molecule has 0 aromatic heterocycles. The molecule has 0 spiro atoms. The van der Waals surface area contributed by atoms with Crippen molar-refractivity contribution in [3.05, 3.63) is 0 Å². The van der Waals surface area contributed by atoms with Crippen LogP contribution in [0, 0.1) is 11.8 Å². The summed E-state index contributed by atoms with van der Waals surface area (Å²) in [5.74, 6) is 0.663. The van der Waals surface area contributed by atoms with Crippen molar-refractivity contribution in [1.82, 2.24) is 4.90 Å². The molecule has 2 aliphatic rings. The molecule has 4 heteroatoms.